The van der Waals surface area contributed by atoms with E-state index < -0.39 is 9.84 Å². The van der Waals surface area contributed by atoms with E-state index in [1.165, 1.54) is 11.8 Å². The third-order valence-electron chi connectivity index (χ3n) is 4.38. The summed E-state index contributed by atoms with van der Waals surface area (Å²) in [6.07, 6.45) is 2.37. The molecule has 2 atom stereocenters. The van der Waals surface area contributed by atoms with Crippen molar-refractivity contribution in [1.82, 2.24) is 10.2 Å². The van der Waals surface area contributed by atoms with Crippen LogP contribution in [0.5, 0.6) is 0 Å². The minimum absolute atomic E-state index is 0. The molecule has 1 aromatic rings. The molecule has 0 bridgehead atoms. The fraction of sp³-hybridized carbons (Fsp3) is 0.625. The first-order valence-electron chi connectivity index (χ1n) is 7.68. The maximum atomic E-state index is 11.6. The van der Waals surface area contributed by atoms with Crippen LogP contribution < -0.4 is 5.32 Å². The zero-order valence-electron chi connectivity index (χ0n) is 14.0. The van der Waals surface area contributed by atoms with Crippen LogP contribution >= 0.6 is 24.8 Å². The van der Waals surface area contributed by atoms with Crippen molar-refractivity contribution in [2.75, 3.05) is 32.4 Å². The number of benzene rings is 1. The summed E-state index contributed by atoms with van der Waals surface area (Å²) in [5.41, 5.74) is 1.22. The molecule has 0 aromatic heterocycles. The maximum Gasteiger partial charge on any atom is 0.175 e. The van der Waals surface area contributed by atoms with E-state index >= 15 is 0 Å². The highest BCUT2D eigenvalue weighted by molar-refractivity contribution is 7.90. The van der Waals surface area contributed by atoms with E-state index in [4.69, 9.17) is 0 Å². The minimum atomic E-state index is -3.12. The number of hydrogen-bond acceptors (Lipinski definition) is 4. The lowest BCUT2D eigenvalue weighted by atomic mass is 9.90. The van der Waals surface area contributed by atoms with Gasteiger partial charge in [0.05, 0.1) is 4.90 Å². The third kappa shape index (κ3) is 5.91. The van der Waals surface area contributed by atoms with Crippen molar-refractivity contribution in [1.29, 1.82) is 0 Å². The Morgan fingerprint density at radius 1 is 1.13 bits per heavy atom. The van der Waals surface area contributed by atoms with Crippen molar-refractivity contribution >= 4 is 34.7 Å². The smallest absolute Gasteiger partial charge is 0.175 e. The van der Waals surface area contributed by atoms with Gasteiger partial charge in [-0.2, -0.15) is 0 Å². The first-order valence-corrected chi connectivity index (χ1v) is 9.57. The van der Waals surface area contributed by atoms with E-state index in [9.17, 15) is 8.42 Å². The molecule has 1 aliphatic heterocycles. The van der Waals surface area contributed by atoms with Crippen LogP contribution in [0.2, 0.25) is 0 Å². The number of halogens is 2. The second kappa shape index (κ2) is 9.84. The summed E-state index contributed by atoms with van der Waals surface area (Å²) >= 11 is 0. The van der Waals surface area contributed by atoms with E-state index in [1.54, 1.807) is 12.1 Å². The second-order valence-electron chi connectivity index (χ2n) is 5.96. The van der Waals surface area contributed by atoms with Crippen LogP contribution in [0.15, 0.2) is 29.2 Å². The second-order valence-corrected chi connectivity index (χ2v) is 7.97. The van der Waals surface area contributed by atoms with Gasteiger partial charge in [-0.3, -0.25) is 4.90 Å². The highest BCUT2D eigenvalue weighted by Gasteiger charge is 2.26. The SMILES string of the molecule is CCC(C)[C@H](c1ccc(S(C)(=O)=O)cc1)N1CCNCC1.Cl.Cl. The molecular formula is C16H28Cl2N2O2S. The van der Waals surface area contributed by atoms with Crippen LogP contribution in [0, 0.1) is 5.92 Å². The molecule has 1 unspecified atom stereocenters. The molecule has 0 amide bonds. The standard InChI is InChI=1S/C16H26N2O2S.2ClH/c1-4-13(2)16(18-11-9-17-10-12-18)14-5-7-15(8-6-14)21(3,19)20;;/h5-8,13,16-17H,4,9-12H2,1-3H3;2*1H/t13?,16-;;/m1../s1. The molecule has 1 fully saturated rings. The highest BCUT2D eigenvalue weighted by Crippen LogP contribution is 2.31. The topological polar surface area (TPSA) is 49.4 Å². The summed E-state index contributed by atoms with van der Waals surface area (Å²) in [7, 11) is -3.12. The van der Waals surface area contributed by atoms with Crippen LogP contribution in [0.4, 0.5) is 0 Å². The lowest BCUT2D eigenvalue weighted by Crippen LogP contribution is -2.46. The molecular weight excluding hydrogens is 355 g/mol. The van der Waals surface area contributed by atoms with Gasteiger partial charge >= 0.3 is 0 Å². The van der Waals surface area contributed by atoms with Crippen molar-refractivity contribution in [3.05, 3.63) is 29.8 Å². The van der Waals surface area contributed by atoms with Crippen molar-refractivity contribution < 1.29 is 8.42 Å². The average Bonchev–Trinajstić information content (AvgIpc) is 2.48. The molecule has 1 saturated heterocycles. The number of hydrogen-bond donors (Lipinski definition) is 1. The average molecular weight is 383 g/mol. The predicted octanol–water partition coefficient (Wildman–Crippen LogP) is 2.93. The van der Waals surface area contributed by atoms with Crippen molar-refractivity contribution in [2.24, 2.45) is 5.92 Å². The summed E-state index contributed by atoms with van der Waals surface area (Å²) in [6, 6.07) is 7.81. The molecule has 1 aliphatic rings. The summed E-state index contributed by atoms with van der Waals surface area (Å²) in [5.74, 6) is 0.548. The quantitative estimate of drug-likeness (QED) is 0.850. The van der Waals surface area contributed by atoms with Gasteiger partial charge < -0.3 is 5.32 Å². The Bertz CT molecular complexity index is 558. The third-order valence-corrected chi connectivity index (χ3v) is 5.51. The first-order chi connectivity index (χ1) is 9.93. The number of piperazine rings is 1. The van der Waals surface area contributed by atoms with E-state index in [1.807, 2.05) is 12.1 Å². The van der Waals surface area contributed by atoms with Gasteiger partial charge in [-0.1, -0.05) is 32.4 Å². The number of nitrogens with zero attached hydrogens (tertiary/aromatic N) is 1. The van der Waals surface area contributed by atoms with Gasteiger partial charge in [-0.05, 0) is 23.6 Å². The predicted molar refractivity (Wildman–Crippen MR) is 101 cm³/mol. The molecule has 7 heteroatoms. The van der Waals surface area contributed by atoms with E-state index in [2.05, 4.69) is 24.1 Å². The normalized spacial score (nSPS) is 18.4. The van der Waals surface area contributed by atoms with Crippen LogP contribution in [0.3, 0.4) is 0 Å². The number of nitrogens with one attached hydrogen (secondary N) is 1. The molecule has 0 saturated carbocycles. The molecule has 1 aromatic carbocycles. The van der Waals surface area contributed by atoms with Crippen molar-refractivity contribution in [3.63, 3.8) is 0 Å². The van der Waals surface area contributed by atoms with Gasteiger partial charge in [0.2, 0.25) is 0 Å². The molecule has 1 heterocycles. The van der Waals surface area contributed by atoms with Crippen LogP contribution in [0.1, 0.15) is 31.9 Å². The summed E-state index contributed by atoms with van der Waals surface area (Å²) in [5, 5.41) is 3.39. The van der Waals surface area contributed by atoms with Crippen LogP contribution in [-0.4, -0.2) is 45.8 Å². The zero-order valence-corrected chi connectivity index (χ0v) is 16.4. The van der Waals surface area contributed by atoms with Crippen LogP contribution in [0.25, 0.3) is 0 Å². The van der Waals surface area contributed by atoms with Crippen LogP contribution in [-0.2, 0) is 9.84 Å². The van der Waals surface area contributed by atoms with Crippen molar-refractivity contribution in [2.45, 2.75) is 31.2 Å². The number of sulfone groups is 1. The Kier molecular flexibility index (Phi) is 9.70. The Balaban J connectivity index is 0.00000242. The summed E-state index contributed by atoms with van der Waals surface area (Å²) < 4.78 is 23.2. The van der Waals surface area contributed by atoms with Gasteiger partial charge in [-0.25, -0.2) is 8.42 Å². The molecule has 2 rings (SSSR count). The lowest BCUT2D eigenvalue weighted by molar-refractivity contribution is 0.128. The molecule has 134 valence electrons. The van der Waals surface area contributed by atoms with E-state index in [0.717, 1.165) is 32.6 Å². The Hall–Kier alpha value is -0.330. The highest BCUT2D eigenvalue weighted by atomic mass is 35.5. The Morgan fingerprint density at radius 3 is 2.09 bits per heavy atom. The van der Waals surface area contributed by atoms with E-state index in [0.29, 0.717) is 16.9 Å². The van der Waals surface area contributed by atoms with Crippen molar-refractivity contribution in [3.8, 4) is 0 Å². The Labute approximate surface area is 152 Å². The van der Waals surface area contributed by atoms with Gasteiger partial charge in [-0.15, -0.1) is 24.8 Å². The summed E-state index contributed by atoms with van der Waals surface area (Å²) in [4.78, 5) is 2.91. The lowest BCUT2D eigenvalue weighted by Gasteiger charge is -2.38. The minimum Gasteiger partial charge on any atom is -0.314 e. The fourth-order valence-electron chi connectivity index (χ4n) is 3.00. The van der Waals surface area contributed by atoms with Gasteiger partial charge in [0.15, 0.2) is 9.84 Å². The monoisotopic (exact) mass is 382 g/mol. The largest absolute Gasteiger partial charge is 0.314 e. The Morgan fingerprint density at radius 2 is 1.65 bits per heavy atom. The van der Waals surface area contributed by atoms with E-state index in [-0.39, 0.29) is 24.8 Å². The van der Waals surface area contributed by atoms with Gasteiger partial charge in [0, 0.05) is 38.5 Å². The van der Waals surface area contributed by atoms with Gasteiger partial charge in [0.1, 0.15) is 0 Å². The number of rotatable bonds is 5. The molecule has 4 nitrogen and oxygen atoms in total. The molecule has 23 heavy (non-hydrogen) atoms. The summed E-state index contributed by atoms with van der Waals surface area (Å²) in [6.45, 7) is 8.62. The fourth-order valence-corrected chi connectivity index (χ4v) is 3.63. The zero-order chi connectivity index (χ0) is 15.5. The first kappa shape index (κ1) is 22.7. The molecule has 1 N–H and O–H groups in total. The maximum absolute atomic E-state index is 11.6. The molecule has 0 radical (unpaired) electrons. The molecule has 0 spiro atoms. The molecule has 0 aliphatic carbocycles. The van der Waals surface area contributed by atoms with Gasteiger partial charge in [0.25, 0.3) is 0 Å².